The van der Waals surface area contributed by atoms with Gasteiger partial charge in [0.1, 0.15) is 5.82 Å². The molecule has 1 saturated heterocycles. The van der Waals surface area contributed by atoms with Gasteiger partial charge in [0.2, 0.25) is 0 Å². The minimum atomic E-state index is 0.621. The molecule has 1 aliphatic rings. The molecule has 1 aliphatic heterocycles. The first-order chi connectivity index (χ1) is 12.3. The predicted octanol–water partition coefficient (Wildman–Crippen LogP) is 2.91. The molecule has 4 rings (SSSR count). The van der Waals surface area contributed by atoms with Crippen molar-refractivity contribution in [2.24, 2.45) is 5.92 Å². The van der Waals surface area contributed by atoms with Gasteiger partial charge in [-0.1, -0.05) is 18.2 Å². The number of aromatic nitrogens is 4. The Bertz CT molecular complexity index is 811. The third-order valence-electron chi connectivity index (χ3n) is 4.59. The van der Waals surface area contributed by atoms with Gasteiger partial charge in [0.15, 0.2) is 5.82 Å². The summed E-state index contributed by atoms with van der Waals surface area (Å²) >= 11 is 0. The average Bonchev–Trinajstić information content (AvgIpc) is 3.30. The number of nitrogens with zero attached hydrogens (tertiary/aromatic N) is 5. The highest BCUT2D eigenvalue weighted by Crippen LogP contribution is 2.23. The molecule has 6 nitrogen and oxygen atoms in total. The first-order valence-electron chi connectivity index (χ1n) is 8.68. The maximum atomic E-state index is 4.34. The van der Waals surface area contributed by atoms with Gasteiger partial charge in [0.05, 0.1) is 5.69 Å². The lowest BCUT2D eigenvalue weighted by atomic mass is 10.1. The van der Waals surface area contributed by atoms with E-state index in [9.17, 15) is 0 Å². The van der Waals surface area contributed by atoms with Gasteiger partial charge in [-0.25, -0.2) is 4.68 Å². The molecule has 1 N–H and O–H groups in total. The molecule has 6 heteroatoms. The number of anilines is 2. The molecule has 0 bridgehead atoms. The van der Waals surface area contributed by atoms with Gasteiger partial charge >= 0.3 is 0 Å². The van der Waals surface area contributed by atoms with E-state index in [2.05, 4.69) is 55.8 Å². The summed E-state index contributed by atoms with van der Waals surface area (Å²) in [7, 11) is 0. The van der Waals surface area contributed by atoms with Crippen LogP contribution in [0.25, 0.3) is 5.82 Å². The Morgan fingerprint density at radius 1 is 1.08 bits per heavy atom. The fourth-order valence-electron chi connectivity index (χ4n) is 3.21. The lowest BCUT2D eigenvalue weighted by Gasteiger charge is -2.18. The number of rotatable bonds is 5. The van der Waals surface area contributed by atoms with Gasteiger partial charge in [0, 0.05) is 31.5 Å². The summed E-state index contributed by atoms with van der Waals surface area (Å²) in [6, 6.07) is 16.5. The van der Waals surface area contributed by atoms with Gasteiger partial charge in [-0.2, -0.15) is 5.10 Å². The smallest absolute Gasteiger partial charge is 0.175 e. The molecule has 0 aliphatic carbocycles. The number of nitrogens with one attached hydrogen (secondary N) is 1. The van der Waals surface area contributed by atoms with Crippen LogP contribution >= 0.6 is 0 Å². The fraction of sp³-hybridized carbons (Fsp3) is 0.316. The van der Waals surface area contributed by atoms with Crippen LogP contribution in [-0.4, -0.2) is 39.6 Å². The molecule has 1 aromatic carbocycles. The van der Waals surface area contributed by atoms with E-state index in [1.807, 2.05) is 31.3 Å². The summed E-state index contributed by atoms with van der Waals surface area (Å²) in [5.41, 5.74) is 2.27. The number of hydrogen-bond acceptors (Lipinski definition) is 5. The summed E-state index contributed by atoms with van der Waals surface area (Å²) in [5, 5.41) is 16.3. The van der Waals surface area contributed by atoms with Crippen LogP contribution in [0.1, 0.15) is 12.1 Å². The van der Waals surface area contributed by atoms with Crippen molar-refractivity contribution < 1.29 is 0 Å². The molecule has 0 radical (unpaired) electrons. The molecule has 0 amide bonds. The monoisotopic (exact) mass is 334 g/mol. The van der Waals surface area contributed by atoms with Crippen LogP contribution < -0.4 is 10.2 Å². The third-order valence-corrected chi connectivity index (χ3v) is 4.59. The van der Waals surface area contributed by atoms with Gasteiger partial charge < -0.3 is 10.2 Å². The second kappa shape index (κ2) is 6.93. The summed E-state index contributed by atoms with van der Waals surface area (Å²) in [4.78, 5) is 2.45. The van der Waals surface area contributed by atoms with E-state index in [4.69, 9.17) is 0 Å². The number of hydrogen-bond donors (Lipinski definition) is 1. The second-order valence-corrected chi connectivity index (χ2v) is 6.50. The van der Waals surface area contributed by atoms with Crippen molar-refractivity contribution in [3.05, 3.63) is 60.4 Å². The summed E-state index contributed by atoms with van der Waals surface area (Å²) in [6.07, 6.45) is 3.09. The van der Waals surface area contributed by atoms with Crippen LogP contribution in [0.5, 0.6) is 0 Å². The average molecular weight is 334 g/mol. The Labute approximate surface area is 147 Å². The van der Waals surface area contributed by atoms with Crippen molar-refractivity contribution in [2.75, 3.05) is 29.9 Å². The first-order valence-corrected chi connectivity index (χ1v) is 8.68. The van der Waals surface area contributed by atoms with E-state index >= 15 is 0 Å². The van der Waals surface area contributed by atoms with E-state index < -0.39 is 0 Å². The van der Waals surface area contributed by atoms with Crippen LogP contribution in [0.15, 0.2) is 54.7 Å². The maximum absolute atomic E-state index is 4.34. The molecule has 1 fully saturated rings. The largest absolute Gasteiger partial charge is 0.371 e. The van der Waals surface area contributed by atoms with E-state index in [1.54, 1.807) is 4.68 Å². The van der Waals surface area contributed by atoms with Gasteiger partial charge in [-0.15, -0.1) is 10.2 Å². The van der Waals surface area contributed by atoms with E-state index in [-0.39, 0.29) is 0 Å². The van der Waals surface area contributed by atoms with Gasteiger partial charge in [-0.3, -0.25) is 0 Å². The Morgan fingerprint density at radius 2 is 1.96 bits per heavy atom. The highest BCUT2D eigenvalue weighted by atomic mass is 15.3. The van der Waals surface area contributed by atoms with E-state index in [0.717, 1.165) is 37.0 Å². The molecule has 0 saturated carbocycles. The molecule has 1 unspecified atom stereocenters. The predicted molar refractivity (Wildman–Crippen MR) is 99.1 cm³/mol. The molecule has 2 aromatic heterocycles. The molecular weight excluding hydrogens is 312 g/mol. The van der Waals surface area contributed by atoms with Crippen molar-refractivity contribution in [2.45, 2.75) is 13.3 Å². The van der Waals surface area contributed by atoms with Crippen molar-refractivity contribution >= 4 is 11.5 Å². The molecule has 25 heavy (non-hydrogen) atoms. The van der Waals surface area contributed by atoms with Crippen LogP contribution in [-0.2, 0) is 0 Å². The first kappa shape index (κ1) is 15.6. The molecule has 3 heterocycles. The molecule has 0 spiro atoms. The van der Waals surface area contributed by atoms with E-state index in [1.165, 1.54) is 12.1 Å². The standard InChI is InChI=1S/C19H22N6/c1-15-9-12-25(23-15)19-8-7-18(21-22-19)20-13-16-10-11-24(14-16)17-5-3-2-4-6-17/h2-9,12,16H,10-11,13-14H2,1H3,(H,20,21). The Morgan fingerprint density at radius 3 is 2.68 bits per heavy atom. The highest BCUT2D eigenvalue weighted by Gasteiger charge is 2.22. The number of para-hydroxylation sites is 1. The van der Waals surface area contributed by atoms with Crippen LogP contribution in [0.3, 0.4) is 0 Å². The SMILES string of the molecule is Cc1ccn(-c2ccc(NCC3CCN(c4ccccc4)C3)nn2)n1. The third kappa shape index (κ3) is 3.63. The maximum Gasteiger partial charge on any atom is 0.175 e. The van der Waals surface area contributed by atoms with Crippen molar-refractivity contribution in [1.82, 2.24) is 20.0 Å². The molecule has 128 valence electrons. The van der Waals surface area contributed by atoms with Gasteiger partial charge in [0.25, 0.3) is 0 Å². The number of benzene rings is 1. The second-order valence-electron chi connectivity index (χ2n) is 6.50. The van der Waals surface area contributed by atoms with Crippen LogP contribution in [0.4, 0.5) is 11.5 Å². The Balaban J connectivity index is 1.31. The summed E-state index contributed by atoms with van der Waals surface area (Å²) in [6.45, 7) is 5.06. The minimum absolute atomic E-state index is 0.621. The topological polar surface area (TPSA) is 58.9 Å². The highest BCUT2D eigenvalue weighted by molar-refractivity contribution is 5.47. The fourth-order valence-corrected chi connectivity index (χ4v) is 3.21. The zero-order chi connectivity index (χ0) is 17.1. The Kier molecular flexibility index (Phi) is 4.33. The van der Waals surface area contributed by atoms with Crippen molar-refractivity contribution in [3.63, 3.8) is 0 Å². The van der Waals surface area contributed by atoms with Crippen LogP contribution in [0.2, 0.25) is 0 Å². The van der Waals surface area contributed by atoms with Crippen LogP contribution in [0, 0.1) is 12.8 Å². The molecule has 3 aromatic rings. The lowest BCUT2D eigenvalue weighted by molar-refractivity contribution is 0.620. The zero-order valence-electron chi connectivity index (χ0n) is 14.3. The summed E-state index contributed by atoms with van der Waals surface area (Å²) < 4.78 is 1.74. The molecule has 1 atom stereocenters. The number of aryl methyl sites for hydroxylation is 1. The van der Waals surface area contributed by atoms with Crippen molar-refractivity contribution in [3.8, 4) is 5.82 Å². The molecular formula is C19H22N6. The van der Waals surface area contributed by atoms with Gasteiger partial charge in [-0.05, 0) is 49.6 Å². The minimum Gasteiger partial charge on any atom is -0.371 e. The normalized spacial score (nSPS) is 17.0. The Hall–Kier alpha value is -2.89. The van der Waals surface area contributed by atoms with E-state index in [0.29, 0.717) is 5.92 Å². The lowest BCUT2D eigenvalue weighted by Crippen LogP contribution is -2.22. The quantitative estimate of drug-likeness (QED) is 0.777. The summed E-state index contributed by atoms with van der Waals surface area (Å²) in [5.74, 6) is 2.16. The zero-order valence-corrected chi connectivity index (χ0v) is 14.3. The van der Waals surface area contributed by atoms with Crippen molar-refractivity contribution in [1.29, 1.82) is 0 Å².